The molecule has 1 saturated heterocycles. The van der Waals surface area contributed by atoms with Crippen molar-refractivity contribution in [3.8, 4) is 0 Å². The maximum atomic E-state index is 12.8. The van der Waals surface area contributed by atoms with Crippen LogP contribution in [-0.4, -0.2) is 48.8 Å². The van der Waals surface area contributed by atoms with Crippen LogP contribution >= 0.6 is 0 Å². The molecule has 0 aliphatic carbocycles. The van der Waals surface area contributed by atoms with Crippen molar-refractivity contribution in [3.63, 3.8) is 0 Å². The van der Waals surface area contributed by atoms with E-state index in [2.05, 4.69) is 4.98 Å². The third kappa shape index (κ3) is 3.33. The van der Waals surface area contributed by atoms with Crippen molar-refractivity contribution < 1.29 is 22.7 Å². The second-order valence-corrected chi connectivity index (χ2v) is 6.16. The molecule has 0 spiro atoms. The van der Waals surface area contributed by atoms with Gasteiger partial charge in [-0.3, -0.25) is 4.90 Å². The summed E-state index contributed by atoms with van der Waals surface area (Å²) in [4.78, 5) is 19.9. The minimum Gasteiger partial charge on any atom is -0.381 e. The fourth-order valence-corrected chi connectivity index (χ4v) is 3.27. The van der Waals surface area contributed by atoms with Crippen LogP contribution in [0.3, 0.4) is 0 Å². The zero-order chi connectivity index (χ0) is 17.3. The number of carbonyl (C=O) groups excluding carboxylic acids is 1. The number of rotatable bonds is 1. The van der Waals surface area contributed by atoms with Crippen molar-refractivity contribution in [2.45, 2.75) is 38.0 Å². The number of amides is 2. The van der Waals surface area contributed by atoms with Crippen molar-refractivity contribution in [3.05, 3.63) is 23.4 Å². The average molecular weight is 343 g/mol. The molecule has 1 atom stereocenters. The predicted molar refractivity (Wildman–Crippen MR) is 81.9 cm³/mol. The highest BCUT2D eigenvalue weighted by atomic mass is 19.4. The van der Waals surface area contributed by atoms with Crippen LogP contribution in [0.15, 0.2) is 12.3 Å². The lowest BCUT2D eigenvalue weighted by atomic mass is 10.1. The van der Waals surface area contributed by atoms with Gasteiger partial charge in [0.05, 0.1) is 11.7 Å². The molecule has 3 heterocycles. The zero-order valence-electron chi connectivity index (χ0n) is 13.5. The molecule has 5 nitrogen and oxygen atoms in total. The number of fused-ring (bicyclic) bond motifs is 1. The minimum absolute atomic E-state index is 0.154. The quantitative estimate of drug-likeness (QED) is 0.787. The summed E-state index contributed by atoms with van der Waals surface area (Å²) in [6, 6.07) is 0.914. The van der Waals surface area contributed by atoms with E-state index in [4.69, 9.17) is 4.74 Å². The topological polar surface area (TPSA) is 45.7 Å². The first kappa shape index (κ1) is 17.0. The fraction of sp³-hybridized carbons (Fsp3) is 0.625. The van der Waals surface area contributed by atoms with Crippen LogP contribution in [0.4, 0.5) is 23.8 Å². The number of hydrogen-bond donors (Lipinski definition) is 0. The Bertz CT molecular complexity index is 621. The van der Waals surface area contributed by atoms with Crippen molar-refractivity contribution in [2.75, 3.05) is 31.6 Å². The largest absolute Gasteiger partial charge is 0.417 e. The lowest BCUT2D eigenvalue weighted by molar-refractivity contribution is -0.137. The highest BCUT2D eigenvalue weighted by Crippen LogP contribution is 2.34. The first-order valence-electron chi connectivity index (χ1n) is 8.05. The summed E-state index contributed by atoms with van der Waals surface area (Å²) in [5.41, 5.74) is -0.295. The van der Waals surface area contributed by atoms with Crippen molar-refractivity contribution >= 4 is 11.8 Å². The standard InChI is InChI=1S/C16H20F3N3O2/c1-24-13-3-2-6-21(7-5-13)15(23)22-8-4-11-9-12(16(17,18)19)10-20-14(11)22/h9-10,13H,2-8H2,1H3. The van der Waals surface area contributed by atoms with Gasteiger partial charge in [-0.1, -0.05) is 0 Å². The van der Waals surface area contributed by atoms with Gasteiger partial charge in [-0.25, -0.2) is 9.78 Å². The van der Waals surface area contributed by atoms with Crippen LogP contribution in [0, 0.1) is 0 Å². The van der Waals surface area contributed by atoms with Gasteiger partial charge in [-0.2, -0.15) is 13.2 Å². The van der Waals surface area contributed by atoms with Crippen LogP contribution in [0.1, 0.15) is 30.4 Å². The van der Waals surface area contributed by atoms with Gasteiger partial charge in [-0.05, 0) is 37.3 Å². The van der Waals surface area contributed by atoms with Crippen molar-refractivity contribution in [2.24, 2.45) is 0 Å². The van der Waals surface area contributed by atoms with Crippen LogP contribution in [0.25, 0.3) is 0 Å². The molecule has 1 aromatic rings. The van der Waals surface area contributed by atoms with Gasteiger partial charge in [0.2, 0.25) is 0 Å². The zero-order valence-corrected chi connectivity index (χ0v) is 13.5. The van der Waals surface area contributed by atoms with E-state index in [9.17, 15) is 18.0 Å². The summed E-state index contributed by atoms with van der Waals surface area (Å²) in [6.45, 7) is 1.58. The minimum atomic E-state index is -4.42. The van der Waals surface area contributed by atoms with Crippen LogP contribution in [-0.2, 0) is 17.3 Å². The molecule has 132 valence electrons. The molecule has 3 rings (SSSR count). The Balaban J connectivity index is 1.75. The van der Waals surface area contributed by atoms with Crippen LogP contribution in [0.5, 0.6) is 0 Å². The lowest BCUT2D eigenvalue weighted by Crippen LogP contribution is -2.43. The van der Waals surface area contributed by atoms with Crippen molar-refractivity contribution in [1.82, 2.24) is 9.88 Å². The fourth-order valence-electron chi connectivity index (χ4n) is 3.27. The lowest BCUT2D eigenvalue weighted by Gasteiger charge is -2.26. The number of carbonyl (C=O) groups is 1. The van der Waals surface area contributed by atoms with Gasteiger partial charge in [0.1, 0.15) is 5.82 Å². The number of halogens is 3. The SMILES string of the molecule is COC1CCCN(C(=O)N2CCc3cc(C(F)(F)F)cnc32)CC1. The van der Waals surface area contributed by atoms with E-state index in [1.54, 1.807) is 12.0 Å². The Morgan fingerprint density at radius 1 is 1.29 bits per heavy atom. The van der Waals surface area contributed by atoms with E-state index in [-0.39, 0.29) is 12.1 Å². The normalized spacial score (nSPS) is 21.6. The Morgan fingerprint density at radius 3 is 2.79 bits per heavy atom. The third-order valence-electron chi connectivity index (χ3n) is 4.64. The summed E-state index contributed by atoms with van der Waals surface area (Å²) in [7, 11) is 1.67. The number of aromatic nitrogens is 1. The molecule has 0 aromatic carbocycles. The summed E-state index contributed by atoms with van der Waals surface area (Å²) in [5, 5.41) is 0. The number of methoxy groups -OCH3 is 1. The van der Waals surface area contributed by atoms with Crippen LogP contribution in [0.2, 0.25) is 0 Å². The summed E-state index contributed by atoms with van der Waals surface area (Å²) >= 11 is 0. The number of likely N-dealkylation sites (tertiary alicyclic amines) is 1. The first-order valence-corrected chi connectivity index (χ1v) is 8.05. The molecule has 2 aliphatic rings. The number of pyridine rings is 1. The second-order valence-electron chi connectivity index (χ2n) is 6.16. The summed E-state index contributed by atoms with van der Waals surface area (Å²) < 4.78 is 43.7. The smallest absolute Gasteiger partial charge is 0.381 e. The summed E-state index contributed by atoms with van der Waals surface area (Å²) in [6.07, 6.45) is -0.542. The van der Waals surface area contributed by atoms with E-state index >= 15 is 0 Å². The maximum absolute atomic E-state index is 12.8. The van der Waals surface area contributed by atoms with Gasteiger partial charge in [0.25, 0.3) is 0 Å². The van der Waals surface area contributed by atoms with Gasteiger partial charge in [0.15, 0.2) is 0 Å². The Labute approximate surface area is 138 Å². The molecule has 2 aliphatic heterocycles. The third-order valence-corrected chi connectivity index (χ3v) is 4.64. The highest BCUT2D eigenvalue weighted by molar-refractivity contribution is 5.93. The van der Waals surface area contributed by atoms with E-state index in [0.717, 1.165) is 31.5 Å². The van der Waals surface area contributed by atoms with E-state index < -0.39 is 11.7 Å². The average Bonchev–Trinajstić information content (AvgIpc) is 2.82. The molecule has 2 amide bonds. The predicted octanol–water partition coefficient (Wildman–Crippen LogP) is 3.08. The molecule has 8 heteroatoms. The Morgan fingerprint density at radius 2 is 2.08 bits per heavy atom. The Hall–Kier alpha value is -1.83. The molecule has 0 N–H and O–H groups in total. The molecule has 1 unspecified atom stereocenters. The molecule has 24 heavy (non-hydrogen) atoms. The van der Waals surface area contributed by atoms with Gasteiger partial charge in [0, 0.05) is 32.9 Å². The van der Waals surface area contributed by atoms with Crippen molar-refractivity contribution in [1.29, 1.82) is 0 Å². The number of ether oxygens (including phenoxy) is 1. The molecular weight excluding hydrogens is 323 g/mol. The molecule has 0 bridgehead atoms. The van der Waals surface area contributed by atoms with Gasteiger partial charge >= 0.3 is 12.2 Å². The molecular formula is C16H20F3N3O2. The number of anilines is 1. The second kappa shape index (κ2) is 6.58. The van der Waals surface area contributed by atoms with E-state index in [0.29, 0.717) is 37.4 Å². The first-order chi connectivity index (χ1) is 11.4. The molecule has 1 fully saturated rings. The maximum Gasteiger partial charge on any atom is 0.417 e. The Kier molecular flexibility index (Phi) is 4.67. The monoisotopic (exact) mass is 343 g/mol. The number of hydrogen-bond acceptors (Lipinski definition) is 3. The molecule has 0 radical (unpaired) electrons. The van der Waals surface area contributed by atoms with Crippen LogP contribution < -0.4 is 4.90 Å². The highest BCUT2D eigenvalue weighted by Gasteiger charge is 2.35. The van der Waals surface area contributed by atoms with Gasteiger partial charge in [-0.15, -0.1) is 0 Å². The summed E-state index contributed by atoms with van der Waals surface area (Å²) in [5.74, 6) is 0.348. The molecule has 1 aromatic heterocycles. The number of alkyl halides is 3. The van der Waals surface area contributed by atoms with Gasteiger partial charge < -0.3 is 9.64 Å². The number of nitrogens with zero attached hydrogens (tertiary/aromatic N) is 3. The number of urea groups is 1. The van der Waals surface area contributed by atoms with E-state index in [1.165, 1.54) is 4.90 Å². The van der Waals surface area contributed by atoms with E-state index in [1.807, 2.05) is 0 Å². The molecule has 0 saturated carbocycles.